The Morgan fingerprint density at radius 2 is 1.70 bits per heavy atom. The third-order valence-electron chi connectivity index (χ3n) is 3.27. The quantitative estimate of drug-likeness (QED) is 0.477. The number of carbonyl (C=O) groups is 1. The highest BCUT2D eigenvalue weighted by Crippen LogP contribution is 2.23. The summed E-state index contributed by atoms with van der Waals surface area (Å²) in [5, 5.41) is 18.3. The van der Waals surface area contributed by atoms with E-state index in [1.54, 1.807) is 50.6 Å². The van der Waals surface area contributed by atoms with E-state index in [-0.39, 0.29) is 11.2 Å². The predicted molar refractivity (Wildman–Crippen MR) is 89.2 cm³/mol. The van der Waals surface area contributed by atoms with Gasteiger partial charge in [0.15, 0.2) is 5.78 Å². The molecule has 0 bridgehead atoms. The first-order valence-corrected chi connectivity index (χ1v) is 6.95. The Labute approximate surface area is 134 Å². The van der Waals surface area contributed by atoms with E-state index in [0.29, 0.717) is 17.1 Å². The molecule has 0 heterocycles. The van der Waals surface area contributed by atoms with Crippen molar-refractivity contribution in [3.63, 3.8) is 0 Å². The molecule has 0 saturated carbocycles. The highest BCUT2D eigenvalue weighted by atomic mass is 16.5. The van der Waals surface area contributed by atoms with Gasteiger partial charge in [-0.05, 0) is 29.2 Å². The second kappa shape index (κ2) is 7.62. The number of methoxy groups -OCH3 is 2. The van der Waals surface area contributed by atoms with Crippen LogP contribution in [-0.4, -0.2) is 37.2 Å². The third-order valence-corrected chi connectivity index (χ3v) is 3.27. The van der Waals surface area contributed by atoms with Crippen molar-refractivity contribution in [2.75, 3.05) is 14.2 Å². The van der Waals surface area contributed by atoms with Gasteiger partial charge in [-0.25, -0.2) is 0 Å². The van der Waals surface area contributed by atoms with Crippen LogP contribution in [0.2, 0.25) is 0 Å². The smallest absolute Gasteiger partial charge is 0.488 e. The standard InChI is InChI=1S/C17H17BO5/c1-22-15-8-12(9-16(11-15)23-2)6-7-17(19)13-4-3-5-14(10-13)18(20)21/h3-11,20-21H,1-2H3/b7-6+. The highest BCUT2D eigenvalue weighted by molar-refractivity contribution is 6.58. The zero-order valence-electron chi connectivity index (χ0n) is 12.9. The lowest BCUT2D eigenvalue weighted by molar-refractivity contribution is 0.104. The molecule has 2 N–H and O–H groups in total. The summed E-state index contributed by atoms with van der Waals surface area (Å²) in [5.41, 5.74) is 1.40. The van der Waals surface area contributed by atoms with E-state index in [1.807, 2.05) is 0 Å². The molecule has 118 valence electrons. The SMILES string of the molecule is COc1cc(/C=C/C(=O)c2cccc(B(O)O)c2)cc(OC)c1. The highest BCUT2D eigenvalue weighted by Gasteiger charge is 2.12. The van der Waals surface area contributed by atoms with E-state index >= 15 is 0 Å². The normalized spacial score (nSPS) is 10.6. The topological polar surface area (TPSA) is 76.0 Å². The molecular weight excluding hydrogens is 295 g/mol. The molecule has 0 spiro atoms. The predicted octanol–water partition coefficient (Wildman–Crippen LogP) is 1.28. The first kappa shape index (κ1) is 16.8. The van der Waals surface area contributed by atoms with Crippen LogP contribution >= 0.6 is 0 Å². The number of rotatable bonds is 6. The van der Waals surface area contributed by atoms with Crippen molar-refractivity contribution in [3.8, 4) is 11.5 Å². The summed E-state index contributed by atoms with van der Waals surface area (Å²) in [4.78, 5) is 12.2. The van der Waals surface area contributed by atoms with E-state index in [9.17, 15) is 4.79 Å². The van der Waals surface area contributed by atoms with Gasteiger partial charge in [0.1, 0.15) is 11.5 Å². The minimum Gasteiger partial charge on any atom is -0.497 e. The molecule has 0 unspecified atom stereocenters. The minimum atomic E-state index is -1.60. The van der Waals surface area contributed by atoms with Gasteiger partial charge in [0.2, 0.25) is 0 Å². The number of hydrogen-bond donors (Lipinski definition) is 2. The number of carbonyl (C=O) groups excluding carboxylic acids is 1. The Balaban J connectivity index is 2.22. The molecule has 0 saturated heterocycles. The Morgan fingerprint density at radius 3 is 2.26 bits per heavy atom. The fourth-order valence-corrected chi connectivity index (χ4v) is 2.05. The molecule has 0 aliphatic heterocycles. The molecule has 23 heavy (non-hydrogen) atoms. The van der Waals surface area contributed by atoms with Crippen molar-refractivity contribution in [3.05, 3.63) is 59.7 Å². The molecule has 2 aromatic carbocycles. The van der Waals surface area contributed by atoms with Gasteiger partial charge in [0.05, 0.1) is 14.2 Å². The molecule has 6 heteroatoms. The summed E-state index contributed by atoms with van der Waals surface area (Å²) in [7, 11) is 1.51. The molecule has 5 nitrogen and oxygen atoms in total. The number of ketones is 1. The third kappa shape index (κ3) is 4.45. The Kier molecular flexibility index (Phi) is 5.57. The monoisotopic (exact) mass is 312 g/mol. The Bertz CT molecular complexity index is 702. The number of allylic oxidation sites excluding steroid dienone is 1. The second-order valence-electron chi connectivity index (χ2n) is 4.84. The Hall–Kier alpha value is -2.57. The number of benzene rings is 2. The molecule has 0 atom stereocenters. The van der Waals surface area contributed by atoms with Gasteiger partial charge in [-0.2, -0.15) is 0 Å². The van der Waals surface area contributed by atoms with Crippen molar-refractivity contribution in [1.82, 2.24) is 0 Å². The maximum absolute atomic E-state index is 12.2. The molecule has 2 aromatic rings. The van der Waals surface area contributed by atoms with Gasteiger partial charge in [0.25, 0.3) is 0 Å². The first-order chi connectivity index (χ1) is 11.0. The van der Waals surface area contributed by atoms with Crippen molar-refractivity contribution < 1.29 is 24.3 Å². The number of ether oxygens (including phenoxy) is 2. The summed E-state index contributed by atoms with van der Waals surface area (Å²) in [5.74, 6) is 1.01. The van der Waals surface area contributed by atoms with Crippen LogP contribution in [0.25, 0.3) is 6.08 Å². The van der Waals surface area contributed by atoms with Crippen LogP contribution in [0.3, 0.4) is 0 Å². The van der Waals surface area contributed by atoms with E-state index in [1.165, 1.54) is 18.2 Å². The van der Waals surface area contributed by atoms with E-state index in [4.69, 9.17) is 19.5 Å². The lowest BCUT2D eigenvalue weighted by Crippen LogP contribution is -2.30. The van der Waals surface area contributed by atoms with Crippen molar-refractivity contribution in [2.45, 2.75) is 0 Å². The van der Waals surface area contributed by atoms with Gasteiger partial charge in [-0.1, -0.05) is 30.3 Å². The zero-order valence-corrected chi connectivity index (χ0v) is 12.9. The average Bonchev–Trinajstić information content (AvgIpc) is 2.59. The van der Waals surface area contributed by atoms with Crippen molar-refractivity contribution in [1.29, 1.82) is 0 Å². The maximum Gasteiger partial charge on any atom is 0.488 e. The fourth-order valence-electron chi connectivity index (χ4n) is 2.05. The van der Waals surface area contributed by atoms with Crippen LogP contribution in [0.1, 0.15) is 15.9 Å². The largest absolute Gasteiger partial charge is 0.497 e. The molecule has 0 aromatic heterocycles. The summed E-state index contributed by atoms with van der Waals surface area (Å²) in [6.45, 7) is 0. The van der Waals surface area contributed by atoms with Crippen molar-refractivity contribution in [2.24, 2.45) is 0 Å². The van der Waals surface area contributed by atoms with Gasteiger partial charge >= 0.3 is 7.12 Å². The molecule has 0 radical (unpaired) electrons. The van der Waals surface area contributed by atoms with Gasteiger partial charge in [0, 0.05) is 11.6 Å². The average molecular weight is 312 g/mol. The maximum atomic E-state index is 12.2. The van der Waals surface area contributed by atoms with Crippen LogP contribution in [0.4, 0.5) is 0 Å². The summed E-state index contributed by atoms with van der Waals surface area (Å²) in [6, 6.07) is 11.5. The van der Waals surface area contributed by atoms with Gasteiger partial charge in [-0.3, -0.25) is 4.79 Å². The lowest BCUT2D eigenvalue weighted by atomic mass is 9.79. The minimum absolute atomic E-state index is 0.241. The van der Waals surface area contributed by atoms with Crippen LogP contribution in [0.15, 0.2) is 48.5 Å². The summed E-state index contributed by atoms with van der Waals surface area (Å²) >= 11 is 0. The van der Waals surface area contributed by atoms with Crippen LogP contribution < -0.4 is 14.9 Å². The first-order valence-electron chi connectivity index (χ1n) is 6.95. The van der Waals surface area contributed by atoms with Crippen LogP contribution in [0.5, 0.6) is 11.5 Å². The van der Waals surface area contributed by atoms with E-state index in [2.05, 4.69) is 0 Å². The van der Waals surface area contributed by atoms with Gasteiger partial charge < -0.3 is 19.5 Å². The molecule has 0 aliphatic carbocycles. The lowest BCUT2D eigenvalue weighted by Gasteiger charge is -2.05. The Morgan fingerprint density at radius 1 is 1.04 bits per heavy atom. The molecule has 0 aliphatic rings. The summed E-state index contributed by atoms with van der Waals surface area (Å²) in [6.07, 6.45) is 3.06. The molecule has 2 rings (SSSR count). The zero-order chi connectivity index (χ0) is 16.8. The van der Waals surface area contributed by atoms with Gasteiger partial charge in [-0.15, -0.1) is 0 Å². The number of hydrogen-bond acceptors (Lipinski definition) is 5. The molecule has 0 amide bonds. The molecular formula is C17H17BO5. The van der Waals surface area contributed by atoms with Crippen LogP contribution in [-0.2, 0) is 0 Å². The van der Waals surface area contributed by atoms with E-state index < -0.39 is 7.12 Å². The molecule has 0 fully saturated rings. The van der Waals surface area contributed by atoms with Crippen LogP contribution in [0, 0.1) is 0 Å². The van der Waals surface area contributed by atoms with Crippen molar-refractivity contribution >= 4 is 24.4 Å². The summed E-state index contributed by atoms with van der Waals surface area (Å²) < 4.78 is 10.4. The fraction of sp³-hybridized carbons (Fsp3) is 0.118. The van der Waals surface area contributed by atoms with E-state index in [0.717, 1.165) is 5.56 Å². The second-order valence-corrected chi connectivity index (χ2v) is 4.84.